The van der Waals surface area contributed by atoms with E-state index in [0.717, 1.165) is 6.54 Å². The normalized spacial score (nSPS) is 28.6. The quantitative estimate of drug-likeness (QED) is 0.679. The smallest absolute Gasteiger partial charge is 0.243 e. The van der Waals surface area contributed by atoms with Gasteiger partial charge in [-0.1, -0.05) is 19.9 Å². The molecule has 0 aromatic carbocycles. The number of amides is 1. The van der Waals surface area contributed by atoms with Gasteiger partial charge >= 0.3 is 0 Å². The lowest BCUT2D eigenvalue weighted by atomic mass is 9.56. The molecule has 1 saturated carbocycles. The van der Waals surface area contributed by atoms with Crippen molar-refractivity contribution in [1.82, 2.24) is 10.2 Å². The Balaban J connectivity index is 2.42. The highest BCUT2D eigenvalue weighted by Crippen LogP contribution is 2.50. The van der Waals surface area contributed by atoms with Gasteiger partial charge < -0.3 is 20.1 Å². The molecule has 0 heterocycles. The molecule has 0 aromatic rings. The van der Waals surface area contributed by atoms with Crippen molar-refractivity contribution in [2.45, 2.75) is 38.9 Å². The van der Waals surface area contributed by atoms with Crippen LogP contribution in [0.1, 0.15) is 27.2 Å². The molecule has 1 amide bonds. The first-order valence-corrected chi connectivity index (χ1v) is 7.16. The van der Waals surface area contributed by atoms with Crippen molar-refractivity contribution in [2.75, 3.05) is 33.8 Å². The van der Waals surface area contributed by atoms with E-state index in [4.69, 9.17) is 4.74 Å². The topological polar surface area (TPSA) is 61.8 Å². The molecule has 1 rings (SSSR count). The molecule has 0 aliphatic heterocycles. The Morgan fingerprint density at radius 2 is 2.15 bits per heavy atom. The maximum absolute atomic E-state index is 11.7. The van der Waals surface area contributed by atoms with Crippen LogP contribution in [0.5, 0.6) is 0 Å². The van der Waals surface area contributed by atoms with Crippen molar-refractivity contribution in [1.29, 1.82) is 0 Å². The summed E-state index contributed by atoms with van der Waals surface area (Å²) in [7, 11) is 3.88. The lowest BCUT2D eigenvalue weighted by Crippen LogP contribution is -2.68. The van der Waals surface area contributed by atoms with Gasteiger partial charge in [0.25, 0.3) is 0 Å². The summed E-state index contributed by atoms with van der Waals surface area (Å²) in [6.45, 7) is 7.52. The van der Waals surface area contributed by atoms with Gasteiger partial charge in [-0.05, 0) is 21.0 Å². The number of likely N-dealkylation sites (N-methyl/N-ethyl adjacent to an activating group) is 1. The fraction of sp³-hybridized carbons (Fsp3) is 0.800. The summed E-state index contributed by atoms with van der Waals surface area (Å²) in [6, 6.07) is 0. The van der Waals surface area contributed by atoms with E-state index < -0.39 is 5.60 Å². The number of carbonyl (C=O) groups is 1. The fourth-order valence-electron chi connectivity index (χ4n) is 2.42. The van der Waals surface area contributed by atoms with Gasteiger partial charge in [0.05, 0.1) is 11.7 Å². The molecule has 1 fully saturated rings. The molecule has 116 valence electrons. The molecule has 0 saturated heterocycles. The van der Waals surface area contributed by atoms with Gasteiger partial charge in [-0.15, -0.1) is 0 Å². The predicted molar refractivity (Wildman–Crippen MR) is 79.5 cm³/mol. The van der Waals surface area contributed by atoms with Gasteiger partial charge in [-0.3, -0.25) is 4.79 Å². The second-order valence-corrected chi connectivity index (χ2v) is 6.28. The van der Waals surface area contributed by atoms with Crippen LogP contribution in [0.2, 0.25) is 0 Å². The van der Waals surface area contributed by atoms with Crippen molar-refractivity contribution >= 4 is 5.91 Å². The molecule has 1 aliphatic carbocycles. The number of hydrogen-bond donors (Lipinski definition) is 2. The lowest BCUT2D eigenvalue weighted by Gasteiger charge is -2.57. The van der Waals surface area contributed by atoms with Gasteiger partial charge in [-0.25, -0.2) is 0 Å². The second kappa shape index (κ2) is 6.70. The molecular formula is C15H28N2O3. The molecule has 1 aliphatic rings. The Labute approximate surface area is 122 Å². The maximum atomic E-state index is 11.7. The zero-order valence-electron chi connectivity index (χ0n) is 13.3. The number of ether oxygens (including phenoxy) is 1. The summed E-state index contributed by atoms with van der Waals surface area (Å²) in [6.07, 6.45) is 3.93. The van der Waals surface area contributed by atoms with Gasteiger partial charge in [-0.2, -0.15) is 0 Å². The van der Waals surface area contributed by atoms with Gasteiger partial charge in [0.1, 0.15) is 0 Å². The molecule has 5 nitrogen and oxygen atoms in total. The minimum absolute atomic E-state index is 0.0543. The van der Waals surface area contributed by atoms with Crippen molar-refractivity contribution in [3.8, 4) is 0 Å². The van der Waals surface area contributed by atoms with Crippen LogP contribution in [0, 0.1) is 5.41 Å². The molecule has 0 bridgehead atoms. The Kier molecular flexibility index (Phi) is 5.74. The molecule has 0 spiro atoms. The van der Waals surface area contributed by atoms with Crippen LogP contribution in [0.15, 0.2) is 12.2 Å². The molecule has 2 unspecified atom stereocenters. The first kappa shape index (κ1) is 17.1. The summed E-state index contributed by atoms with van der Waals surface area (Å²) in [5.74, 6) is -0.170. The van der Waals surface area contributed by atoms with Crippen LogP contribution >= 0.6 is 0 Å². The first-order chi connectivity index (χ1) is 9.23. The number of nitrogens with one attached hydrogen (secondary N) is 1. The van der Waals surface area contributed by atoms with Gasteiger partial charge in [0.2, 0.25) is 5.91 Å². The summed E-state index contributed by atoms with van der Waals surface area (Å²) in [4.78, 5) is 13.6. The first-order valence-electron chi connectivity index (χ1n) is 7.16. The van der Waals surface area contributed by atoms with E-state index in [1.807, 2.05) is 39.8 Å². The standard InChI is InChI=1S/C15H28N2O3/c1-6-20-12-10-15(19,14(12,2)3)11-16-13(18)8-7-9-17(4)5/h7-8,12,19H,6,9-11H2,1-5H3,(H,16,18)/b8-7+. The van der Waals surface area contributed by atoms with Crippen LogP contribution in [0.4, 0.5) is 0 Å². The fourth-order valence-corrected chi connectivity index (χ4v) is 2.42. The highest BCUT2D eigenvalue weighted by Gasteiger charge is 2.59. The van der Waals surface area contributed by atoms with E-state index in [1.54, 1.807) is 6.08 Å². The zero-order valence-corrected chi connectivity index (χ0v) is 13.3. The number of carbonyl (C=O) groups excluding carboxylic acids is 1. The van der Waals surface area contributed by atoms with E-state index in [9.17, 15) is 9.90 Å². The third-order valence-corrected chi connectivity index (χ3v) is 4.19. The number of nitrogens with zero attached hydrogens (tertiary/aromatic N) is 1. The molecule has 5 heteroatoms. The molecule has 0 aromatic heterocycles. The summed E-state index contributed by atoms with van der Waals surface area (Å²) in [5.41, 5.74) is -1.23. The van der Waals surface area contributed by atoms with Crippen molar-refractivity contribution in [3.05, 3.63) is 12.2 Å². The second-order valence-electron chi connectivity index (χ2n) is 6.28. The van der Waals surface area contributed by atoms with Crippen LogP contribution in [-0.4, -0.2) is 61.4 Å². The minimum Gasteiger partial charge on any atom is -0.387 e. The zero-order chi connectivity index (χ0) is 15.4. The molecule has 0 radical (unpaired) electrons. The molecule has 20 heavy (non-hydrogen) atoms. The molecular weight excluding hydrogens is 256 g/mol. The summed E-state index contributed by atoms with van der Waals surface area (Å²) < 4.78 is 5.59. The van der Waals surface area contributed by atoms with Crippen LogP contribution in [0.3, 0.4) is 0 Å². The van der Waals surface area contributed by atoms with Crippen LogP contribution in [0.25, 0.3) is 0 Å². The van der Waals surface area contributed by atoms with E-state index in [2.05, 4.69) is 5.32 Å². The Morgan fingerprint density at radius 3 is 2.65 bits per heavy atom. The lowest BCUT2D eigenvalue weighted by molar-refractivity contribution is -0.238. The number of aliphatic hydroxyl groups is 1. The van der Waals surface area contributed by atoms with Crippen molar-refractivity contribution in [3.63, 3.8) is 0 Å². The number of rotatable bonds is 7. The van der Waals surface area contributed by atoms with E-state index in [1.165, 1.54) is 6.08 Å². The van der Waals surface area contributed by atoms with E-state index in [0.29, 0.717) is 13.0 Å². The highest BCUT2D eigenvalue weighted by molar-refractivity contribution is 5.87. The SMILES string of the molecule is CCOC1CC(O)(CNC(=O)/C=C/CN(C)C)C1(C)C. The van der Waals surface area contributed by atoms with Gasteiger partial charge in [0.15, 0.2) is 0 Å². The minimum atomic E-state index is -0.891. The third-order valence-electron chi connectivity index (χ3n) is 4.19. The predicted octanol–water partition coefficient (Wildman–Crippen LogP) is 0.786. The Morgan fingerprint density at radius 1 is 1.50 bits per heavy atom. The average molecular weight is 284 g/mol. The van der Waals surface area contributed by atoms with Crippen LogP contribution in [-0.2, 0) is 9.53 Å². The largest absolute Gasteiger partial charge is 0.387 e. The summed E-state index contributed by atoms with van der Waals surface area (Å²) in [5, 5.41) is 13.3. The Bertz CT molecular complexity index is 366. The molecule has 2 atom stereocenters. The van der Waals surface area contributed by atoms with Crippen molar-refractivity contribution in [2.24, 2.45) is 5.41 Å². The Hall–Kier alpha value is -0.910. The molecule has 2 N–H and O–H groups in total. The maximum Gasteiger partial charge on any atom is 0.243 e. The average Bonchev–Trinajstić information content (AvgIpc) is 2.35. The third kappa shape index (κ3) is 3.81. The monoisotopic (exact) mass is 284 g/mol. The van der Waals surface area contributed by atoms with Crippen LogP contribution < -0.4 is 5.32 Å². The van der Waals surface area contributed by atoms with Gasteiger partial charge in [0, 0.05) is 37.6 Å². The highest BCUT2D eigenvalue weighted by atomic mass is 16.5. The van der Waals surface area contributed by atoms with E-state index in [-0.39, 0.29) is 24.0 Å². The number of hydrogen-bond acceptors (Lipinski definition) is 4. The van der Waals surface area contributed by atoms with E-state index >= 15 is 0 Å². The summed E-state index contributed by atoms with van der Waals surface area (Å²) >= 11 is 0. The van der Waals surface area contributed by atoms with Crippen molar-refractivity contribution < 1.29 is 14.6 Å².